The molecule has 4 heterocycles. The zero-order valence-electron chi connectivity index (χ0n) is 20.6. The highest BCUT2D eigenvalue weighted by Crippen LogP contribution is 2.28. The predicted molar refractivity (Wildman–Crippen MR) is 135 cm³/mol. The SMILES string of the molecule is CCOc1cc(Nc2cc(-c3ccc4cc(C#N)cnn34)ncc2C(=O)NCC(F)C(C)(C)O)ccn1. The van der Waals surface area contributed by atoms with Gasteiger partial charge in [-0.25, -0.2) is 13.9 Å². The number of rotatable bonds is 9. The summed E-state index contributed by atoms with van der Waals surface area (Å²) in [4.78, 5) is 21.6. The summed E-state index contributed by atoms with van der Waals surface area (Å²) in [6.07, 6.45) is 2.76. The molecule has 190 valence electrons. The first kappa shape index (κ1) is 25.5. The molecule has 1 amide bonds. The fourth-order valence-corrected chi connectivity index (χ4v) is 3.53. The third-order valence-electron chi connectivity index (χ3n) is 5.55. The summed E-state index contributed by atoms with van der Waals surface area (Å²) in [6.45, 7) is 4.59. The second-order valence-electron chi connectivity index (χ2n) is 8.80. The topological polar surface area (TPSA) is 137 Å². The van der Waals surface area contributed by atoms with E-state index < -0.39 is 17.7 Å². The Morgan fingerprint density at radius 1 is 1.24 bits per heavy atom. The van der Waals surface area contributed by atoms with Gasteiger partial charge in [-0.1, -0.05) is 0 Å². The molecule has 0 bridgehead atoms. The molecule has 4 aromatic rings. The Morgan fingerprint density at radius 2 is 2.05 bits per heavy atom. The largest absolute Gasteiger partial charge is 0.478 e. The van der Waals surface area contributed by atoms with Crippen molar-refractivity contribution < 1.29 is 19.0 Å². The van der Waals surface area contributed by atoms with Crippen molar-refractivity contribution in [3.8, 4) is 23.3 Å². The summed E-state index contributed by atoms with van der Waals surface area (Å²) in [7, 11) is 0. The molecule has 0 fully saturated rings. The molecule has 0 saturated carbocycles. The highest BCUT2D eigenvalue weighted by atomic mass is 19.1. The Hall–Kier alpha value is -4.56. The monoisotopic (exact) mass is 503 g/mol. The van der Waals surface area contributed by atoms with Gasteiger partial charge >= 0.3 is 0 Å². The van der Waals surface area contributed by atoms with Crippen molar-refractivity contribution in [3.05, 3.63) is 66.1 Å². The standard InChI is InChI=1S/C26H26FN7O3/c1-4-37-24-10-17(7-8-29-24)33-20-11-21(22-6-5-18-9-16(12-28)13-32-34(18)22)30-14-19(20)25(35)31-15-23(27)26(2,3)36/h5-11,13-14,23,36H,4,15H2,1-3H3,(H,31,35)(H,29,30,33). The first-order valence-corrected chi connectivity index (χ1v) is 11.6. The van der Waals surface area contributed by atoms with E-state index in [0.29, 0.717) is 46.3 Å². The molecule has 4 rings (SSSR count). The van der Waals surface area contributed by atoms with Crippen LogP contribution in [0.25, 0.3) is 16.9 Å². The molecule has 1 atom stereocenters. The number of pyridine rings is 2. The quantitative estimate of drug-likeness (QED) is 0.315. The van der Waals surface area contributed by atoms with Crippen molar-refractivity contribution in [2.75, 3.05) is 18.5 Å². The van der Waals surface area contributed by atoms with E-state index in [0.717, 1.165) is 0 Å². The highest BCUT2D eigenvalue weighted by molar-refractivity contribution is 6.00. The van der Waals surface area contributed by atoms with Crippen LogP contribution in [0.1, 0.15) is 36.7 Å². The van der Waals surface area contributed by atoms with Crippen LogP contribution in [-0.4, -0.2) is 55.5 Å². The van der Waals surface area contributed by atoms with E-state index in [2.05, 4.69) is 31.8 Å². The molecule has 0 aliphatic heterocycles. The number of nitrogens with zero attached hydrogens (tertiary/aromatic N) is 5. The summed E-state index contributed by atoms with van der Waals surface area (Å²) in [5.74, 6) is -0.155. The van der Waals surface area contributed by atoms with E-state index in [4.69, 9.17) is 10.00 Å². The fourth-order valence-electron chi connectivity index (χ4n) is 3.53. The van der Waals surface area contributed by atoms with Gasteiger partial charge in [-0.2, -0.15) is 10.4 Å². The lowest BCUT2D eigenvalue weighted by Crippen LogP contribution is -2.42. The van der Waals surface area contributed by atoms with Gasteiger partial charge in [0.25, 0.3) is 5.91 Å². The summed E-state index contributed by atoms with van der Waals surface area (Å²) in [5, 5.41) is 29.1. The number of fused-ring (bicyclic) bond motifs is 1. The fraction of sp³-hybridized carbons (Fsp3) is 0.269. The summed E-state index contributed by atoms with van der Waals surface area (Å²) < 4.78 is 21.4. The molecule has 37 heavy (non-hydrogen) atoms. The molecule has 10 nitrogen and oxygen atoms in total. The van der Waals surface area contributed by atoms with E-state index in [1.54, 1.807) is 35.0 Å². The van der Waals surface area contributed by atoms with Crippen molar-refractivity contribution in [1.82, 2.24) is 24.9 Å². The maximum atomic E-state index is 14.3. The van der Waals surface area contributed by atoms with E-state index >= 15 is 0 Å². The van der Waals surface area contributed by atoms with Gasteiger partial charge in [0.2, 0.25) is 5.88 Å². The minimum Gasteiger partial charge on any atom is -0.478 e. The van der Waals surface area contributed by atoms with E-state index in [1.807, 2.05) is 19.1 Å². The number of ether oxygens (including phenoxy) is 1. The molecule has 0 saturated heterocycles. The molecule has 1 unspecified atom stereocenters. The number of carbonyl (C=O) groups is 1. The van der Waals surface area contributed by atoms with Gasteiger partial charge in [0.1, 0.15) is 12.2 Å². The third-order valence-corrected chi connectivity index (χ3v) is 5.55. The molecule has 0 spiro atoms. The Labute approximate surface area is 212 Å². The van der Waals surface area contributed by atoms with Gasteiger partial charge in [-0.05, 0) is 51.1 Å². The van der Waals surface area contributed by atoms with Crippen LogP contribution >= 0.6 is 0 Å². The van der Waals surface area contributed by atoms with Crippen LogP contribution in [0.3, 0.4) is 0 Å². The Morgan fingerprint density at radius 3 is 2.78 bits per heavy atom. The van der Waals surface area contributed by atoms with E-state index in [1.165, 1.54) is 26.2 Å². The van der Waals surface area contributed by atoms with Gasteiger partial charge in [-0.15, -0.1) is 0 Å². The second kappa shape index (κ2) is 10.6. The maximum absolute atomic E-state index is 14.3. The number of amides is 1. The molecule has 0 aromatic carbocycles. The molecule has 0 aliphatic rings. The number of anilines is 2. The number of hydrogen-bond acceptors (Lipinski definition) is 8. The van der Waals surface area contributed by atoms with E-state index in [9.17, 15) is 14.3 Å². The van der Waals surface area contributed by atoms with Crippen LogP contribution in [0.15, 0.2) is 55.0 Å². The maximum Gasteiger partial charge on any atom is 0.255 e. The Balaban J connectivity index is 1.71. The molecule has 0 radical (unpaired) electrons. The number of halogens is 1. The number of aromatic nitrogens is 4. The minimum absolute atomic E-state index is 0.169. The van der Waals surface area contributed by atoms with Crippen LogP contribution in [0.4, 0.5) is 15.8 Å². The van der Waals surface area contributed by atoms with Crippen LogP contribution in [0.2, 0.25) is 0 Å². The zero-order chi connectivity index (χ0) is 26.6. The van der Waals surface area contributed by atoms with Crippen molar-refractivity contribution in [3.63, 3.8) is 0 Å². The first-order chi connectivity index (χ1) is 17.7. The Kier molecular flexibility index (Phi) is 7.31. The molecule has 11 heteroatoms. The number of nitrogens with one attached hydrogen (secondary N) is 2. The average Bonchev–Trinajstić information content (AvgIpc) is 3.30. The van der Waals surface area contributed by atoms with Crippen LogP contribution in [0.5, 0.6) is 5.88 Å². The number of hydrogen-bond donors (Lipinski definition) is 3. The van der Waals surface area contributed by atoms with Crippen molar-refractivity contribution in [2.45, 2.75) is 32.5 Å². The lowest BCUT2D eigenvalue weighted by atomic mass is 10.0. The summed E-state index contributed by atoms with van der Waals surface area (Å²) >= 11 is 0. The lowest BCUT2D eigenvalue weighted by Gasteiger charge is -2.22. The van der Waals surface area contributed by atoms with Crippen molar-refractivity contribution in [2.24, 2.45) is 0 Å². The van der Waals surface area contributed by atoms with Crippen molar-refractivity contribution >= 4 is 22.8 Å². The van der Waals surface area contributed by atoms with Gasteiger partial charge in [0, 0.05) is 24.1 Å². The van der Waals surface area contributed by atoms with Gasteiger partial charge in [0.15, 0.2) is 0 Å². The van der Waals surface area contributed by atoms with Gasteiger partial charge in [0.05, 0.1) is 58.7 Å². The van der Waals surface area contributed by atoms with Gasteiger partial charge < -0.3 is 20.5 Å². The molecule has 0 aliphatic carbocycles. The predicted octanol–water partition coefficient (Wildman–Crippen LogP) is 3.64. The van der Waals surface area contributed by atoms with Crippen LogP contribution in [0, 0.1) is 11.3 Å². The number of carbonyl (C=O) groups excluding carboxylic acids is 1. The normalized spacial score (nSPS) is 12.1. The third kappa shape index (κ3) is 5.82. The number of nitriles is 1. The second-order valence-corrected chi connectivity index (χ2v) is 8.80. The average molecular weight is 504 g/mol. The van der Waals surface area contributed by atoms with Crippen LogP contribution < -0.4 is 15.4 Å². The number of alkyl halides is 1. The zero-order valence-corrected chi connectivity index (χ0v) is 20.6. The molecule has 4 aromatic heterocycles. The van der Waals surface area contributed by atoms with Crippen molar-refractivity contribution in [1.29, 1.82) is 5.26 Å². The molecular weight excluding hydrogens is 477 g/mol. The van der Waals surface area contributed by atoms with Gasteiger partial charge in [-0.3, -0.25) is 9.78 Å². The number of aliphatic hydroxyl groups is 1. The smallest absolute Gasteiger partial charge is 0.255 e. The Bertz CT molecular complexity index is 1470. The molecular formula is C26H26FN7O3. The molecule has 3 N–H and O–H groups in total. The minimum atomic E-state index is -1.66. The first-order valence-electron chi connectivity index (χ1n) is 11.6. The lowest BCUT2D eigenvalue weighted by molar-refractivity contribution is -0.00177. The summed E-state index contributed by atoms with van der Waals surface area (Å²) in [6, 6.07) is 12.5. The van der Waals surface area contributed by atoms with E-state index in [-0.39, 0.29) is 12.1 Å². The van der Waals surface area contributed by atoms with Crippen LogP contribution in [-0.2, 0) is 0 Å². The summed E-state index contributed by atoms with van der Waals surface area (Å²) in [5.41, 5.74) is 1.88. The highest BCUT2D eigenvalue weighted by Gasteiger charge is 2.27.